The number of anilines is 1. The zero-order chi connectivity index (χ0) is 14.5. The molecule has 6 nitrogen and oxygen atoms in total. The van der Waals surface area contributed by atoms with Crippen LogP contribution in [0.4, 0.5) is 5.69 Å². The molecule has 0 bridgehead atoms. The van der Waals surface area contributed by atoms with E-state index in [4.69, 9.17) is 0 Å². The highest BCUT2D eigenvalue weighted by atomic mass is 32.2. The zero-order valence-corrected chi connectivity index (χ0v) is 11.5. The Morgan fingerprint density at radius 1 is 1.05 bits per heavy atom. The van der Waals surface area contributed by atoms with Crippen molar-refractivity contribution in [2.24, 2.45) is 0 Å². The topological polar surface area (TPSA) is 107 Å². The van der Waals surface area contributed by atoms with Crippen LogP contribution in [-0.4, -0.2) is 54.8 Å². The summed E-state index contributed by atoms with van der Waals surface area (Å²) in [6.07, 6.45) is 0. The molecule has 108 valence electrons. The smallest absolute Gasteiger partial charge is 0.178 e. The van der Waals surface area contributed by atoms with Gasteiger partial charge in [-0.3, -0.25) is 0 Å². The fourth-order valence-electron chi connectivity index (χ4n) is 1.49. The van der Waals surface area contributed by atoms with Crippen LogP contribution >= 0.6 is 0 Å². The number of nitrogens with one attached hydrogen (secondary N) is 1. The van der Waals surface area contributed by atoms with Crippen LogP contribution in [0.5, 0.6) is 0 Å². The van der Waals surface area contributed by atoms with Crippen LogP contribution in [0.3, 0.4) is 0 Å². The number of hydrogen-bond donors (Lipinski definition) is 4. The van der Waals surface area contributed by atoms with Crippen LogP contribution in [-0.2, 0) is 9.84 Å². The molecule has 0 saturated heterocycles. The Hall–Kier alpha value is -1.15. The average molecular weight is 289 g/mol. The van der Waals surface area contributed by atoms with Crippen LogP contribution in [0.15, 0.2) is 29.2 Å². The second kappa shape index (κ2) is 6.33. The minimum Gasteiger partial charge on any atom is -0.394 e. The fraction of sp³-hybridized carbons (Fsp3) is 0.500. The summed E-state index contributed by atoms with van der Waals surface area (Å²) in [4.78, 5) is 0.211. The molecule has 1 aromatic carbocycles. The van der Waals surface area contributed by atoms with E-state index >= 15 is 0 Å². The Morgan fingerprint density at radius 3 is 1.89 bits per heavy atom. The molecule has 0 aliphatic carbocycles. The van der Waals surface area contributed by atoms with E-state index in [-0.39, 0.29) is 10.6 Å². The first-order valence-electron chi connectivity index (χ1n) is 5.86. The normalized spacial score (nSPS) is 12.4. The molecule has 1 rings (SSSR count). The van der Waals surface area contributed by atoms with Gasteiger partial charge in [0.05, 0.1) is 30.5 Å². The summed E-state index contributed by atoms with van der Waals surface area (Å²) < 4.78 is 23.3. The van der Waals surface area contributed by atoms with E-state index in [0.29, 0.717) is 5.69 Å². The number of sulfone groups is 1. The lowest BCUT2D eigenvalue weighted by molar-refractivity contribution is 0.0833. The van der Waals surface area contributed by atoms with Gasteiger partial charge in [-0.25, -0.2) is 8.42 Å². The number of benzene rings is 1. The molecule has 0 atom stereocenters. The van der Waals surface area contributed by atoms with Crippen molar-refractivity contribution in [2.45, 2.75) is 17.4 Å². The lowest BCUT2D eigenvalue weighted by Crippen LogP contribution is -2.49. The SMILES string of the molecule is CCS(=O)(=O)c1ccc(NC(CO)(CO)CO)cc1. The Balaban J connectivity index is 2.94. The molecule has 0 unspecified atom stereocenters. The molecular weight excluding hydrogens is 270 g/mol. The molecule has 19 heavy (non-hydrogen) atoms. The summed E-state index contributed by atoms with van der Waals surface area (Å²) in [5, 5.41) is 30.3. The van der Waals surface area contributed by atoms with Crippen molar-refractivity contribution in [3.63, 3.8) is 0 Å². The highest BCUT2D eigenvalue weighted by molar-refractivity contribution is 7.91. The maximum absolute atomic E-state index is 11.6. The highest BCUT2D eigenvalue weighted by Crippen LogP contribution is 2.18. The number of aliphatic hydroxyl groups excluding tert-OH is 3. The summed E-state index contributed by atoms with van der Waals surface area (Å²) in [5.41, 5.74) is -0.724. The molecule has 0 aromatic heterocycles. The molecule has 0 heterocycles. The van der Waals surface area contributed by atoms with Gasteiger partial charge in [0.2, 0.25) is 0 Å². The number of aliphatic hydroxyl groups is 3. The molecule has 0 radical (unpaired) electrons. The molecule has 0 aliphatic rings. The summed E-state index contributed by atoms with van der Waals surface area (Å²) in [6, 6.07) is 5.94. The minimum absolute atomic E-state index is 0.0215. The first-order valence-corrected chi connectivity index (χ1v) is 7.52. The van der Waals surface area contributed by atoms with Gasteiger partial charge in [0.1, 0.15) is 5.54 Å². The molecule has 7 heteroatoms. The van der Waals surface area contributed by atoms with Crippen molar-refractivity contribution in [2.75, 3.05) is 30.9 Å². The second-order valence-corrected chi connectivity index (χ2v) is 6.59. The number of rotatable bonds is 7. The summed E-state index contributed by atoms with van der Waals surface area (Å²) in [7, 11) is -3.25. The lowest BCUT2D eigenvalue weighted by Gasteiger charge is -2.29. The average Bonchev–Trinajstić information content (AvgIpc) is 2.45. The van der Waals surface area contributed by atoms with Gasteiger partial charge in [0.15, 0.2) is 9.84 Å². The van der Waals surface area contributed by atoms with Crippen molar-refractivity contribution in [3.8, 4) is 0 Å². The Kier molecular flexibility index (Phi) is 5.30. The Labute approximate surface area is 112 Å². The lowest BCUT2D eigenvalue weighted by atomic mass is 10.0. The fourth-order valence-corrected chi connectivity index (χ4v) is 2.37. The molecule has 0 spiro atoms. The van der Waals surface area contributed by atoms with E-state index in [1.54, 1.807) is 6.92 Å². The van der Waals surface area contributed by atoms with E-state index < -0.39 is 35.2 Å². The van der Waals surface area contributed by atoms with Gasteiger partial charge in [-0.15, -0.1) is 0 Å². The largest absolute Gasteiger partial charge is 0.394 e. The van der Waals surface area contributed by atoms with E-state index in [0.717, 1.165) is 0 Å². The first kappa shape index (κ1) is 15.9. The summed E-state index contributed by atoms with van der Waals surface area (Å²) in [5.74, 6) is 0.0215. The van der Waals surface area contributed by atoms with Crippen molar-refractivity contribution in [3.05, 3.63) is 24.3 Å². The van der Waals surface area contributed by atoms with Gasteiger partial charge in [-0.05, 0) is 24.3 Å². The van der Waals surface area contributed by atoms with Crippen molar-refractivity contribution >= 4 is 15.5 Å². The van der Waals surface area contributed by atoms with E-state index in [1.165, 1.54) is 24.3 Å². The van der Waals surface area contributed by atoms with Crippen molar-refractivity contribution in [1.29, 1.82) is 0 Å². The van der Waals surface area contributed by atoms with Crippen LogP contribution in [0.25, 0.3) is 0 Å². The van der Waals surface area contributed by atoms with Gasteiger partial charge in [-0.2, -0.15) is 0 Å². The van der Waals surface area contributed by atoms with E-state index in [9.17, 15) is 23.7 Å². The molecule has 4 N–H and O–H groups in total. The van der Waals surface area contributed by atoms with Gasteiger partial charge in [0, 0.05) is 5.69 Å². The third-order valence-electron chi connectivity index (χ3n) is 2.91. The predicted molar refractivity (Wildman–Crippen MR) is 71.8 cm³/mol. The third kappa shape index (κ3) is 3.66. The minimum atomic E-state index is -3.25. The Morgan fingerprint density at radius 2 is 1.53 bits per heavy atom. The van der Waals surface area contributed by atoms with E-state index in [1.807, 2.05) is 0 Å². The van der Waals surface area contributed by atoms with Crippen LogP contribution in [0.1, 0.15) is 6.92 Å². The van der Waals surface area contributed by atoms with Crippen molar-refractivity contribution < 1.29 is 23.7 Å². The van der Waals surface area contributed by atoms with Gasteiger partial charge in [0.25, 0.3) is 0 Å². The molecule has 0 saturated carbocycles. The molecule has 0 amide bonds. The standard InChI is InChI=1S/C12H19NO5S/c1-2-19(17,18)11-5-3-10(4-6-11)13-12(7-14,8-15)9-16/h3-6,13-16H,2,7-9H2,1H3. The zero-order valence-electron chi connectivity index (χ0n) is 10.7. The van der Waals surface area contributed by atoms with Crippen LogP contribution < -0.4 is 5.32 Å². The molecule has 0 aliphatic heterocycles. The maximum Gasteiger partial charge on any atom is 0.178 e. The molecule has 1 aromatic rings. The predicted octanol–water partition coefficient (Wildman–Crippen LogP) is -0.392. The molecule has 0 fully saturated rings. The van der Waals surface area contributed by atoms with Gasteiger partial charge in [-0.1, -0.05) is 6.92 Å². The first-order chi connectivity index (χ1) is 8.93. The maximum atomic E-state index is 11.6. The van der Waals surface area contributed by atoms with Crippen LogP contribution in [0, 0.1) is 0 Å². The van der Waals surface area contributed by atoms with Gasteiger partial charge < -0.3 is 20.6 Å². The molecular formula is C12H19NO5S. The van der Waals surface area contributed by atoms with Gasteiger partial charge >= 0.3 is 0 Å². The van der Waals surface area contributed by atoms with Crippen molar-refractivity contribution in [1.82, 2.24) is 0 Å². The summed E-state index contributed by atoms with van der Waals surface area (Å²) in [6.45, 7) is 0.217. The number of hydrogen-bond acceptors (Lipinski definition) is 6. The third-order valence-corrected chi connectivity index (χ3v) is 4.66. The van der Waals surface area contributed by atoms with Crippen LogP contribution in [0.2, 0.25) is 0 Å². The quantitative estimate of drug-likeness (QED) is 0.544. The monoisotopic (exact) mass is 289 g/mol. The van der Waals surface area contributed by atoms with E-state index in [2.05, 4.69) is 5.32 Å². The summed E-state index contributed by atoms with van der Waals surface area (Å²) >= 11 is 0. The second-order valence-electron chi connectivity index (χ2n) is 4.31. The highest BCUT2D eigenvalue weighted by Gasteiger charge is 2.27. The Bertz CT molecular complexity index is 485.